The fourth-order valence-corrected chi connectivity index (χ4v) is 3.19. The van der Waals surface area contributed by atoms with E-state index in [4.69, 9.17) is 4.42 Å². The predicted octanol–water partition coefficient (Wildman–Crippen LogP) is 4.55. The van der Waals surface area contributed by atoms with Crippen molar-refractivity contribution < 1.29 is 9.21 Å². The molecule has 1 aromatic carbocycles. The standard InChI is InChI=1S/C16H13BrN2O2S/c1-9-3-5-12(10(2)7-9)18-16-19-15(20)13(22-16)8-11-4-6-14(17)21-11/h3-8H,1-2H3,(H,18,19,20). The Kier molecular flexibility index (Phi) is 4.22. The molecule has 1 aliphatic heterocycles. The molecule has 0 atom stereocenters. The average Bonchev–Trinajstić information content (AvgIpc) is 3.00. The van der Waals surface area contributed by atoms with Crippen molar-refractivity contribution in [3.05, 3.63) is 56.8 Å². The lowest BCUT2D eigenvalue weighted by Gasteiger charge is -2.02. The summed E-state index contributed by atoms with van der Waals surface area (Å²) in [6.45, 7) is 4.04. The fourth-order valence-electron chi connectivity index (χ4n) is 2.06. The maximum Gasteiger partial charge on any atom is 0.264 e. The summed E-state index contributed by atoms with van der Waals surface area (Å²) in [5.74, 6) is 0.457. The Labute approximate surface area is 140 Å². The minimum absolute atomic E-state index is 0.166. The zero-order valence-electron chi connectivity index (χ0n) is 12.0. The smallest absolute Gasteiger partial charge is 0.264 e. The highest BCUT2D eigenvalue weighted by Gasteiger charge is 2.24. The molecule has 0 aliphatic carbocycles. The molecule has 2 heterocycles. The Balaban J connectivity index is 1.85. The van der Waals surface area contributed by atoms with Crippen LogP contribution in [0.2, 0.25) is 0 Å². The van der Waals surface area contributed by atoms with Crippen LogP contribution in [0, 0.1) is 13.8 Å². The van der Waals surface area contributed by atoms with E-state index in [2.05, 4.69) is 32.3 Å². The number of amides is 1. The quantitative estimate of drug-likeness (QED) is 0.782. The Bertz CT molecular complexity index is 808. The number of halogens is 1. The topological polar surface area (TPSA) is 54.6 Å². The molecule has 1 saturated heterocycles. The first kappa shape index (κ1) is 15.1. The van der Waals surface area contributed by atoms with Gasteiger partial charge in [0.25, 0.3) is 5.91 Å². The fraction of sp³-hybridized carbons (Fsp3) is 0.125. The monoisotopic (exact) mass is 376 g/mol. The molecule has 3 rings (SSSR count). The second-order valence-corrected chi connectivity index (χ2v) is 6.73. The van der Waals surface area contributed by atoms with Gasteiger partial charge in [-0.25, -0.2) is 4.99 Å². The van der Waals surface area contributed by atoms with E-state index in [1.165, 1.54) is 17.3 Å². The Morgan fingerprint density at radius 2 is 2.09 bits per heavy atom. The summed E-state index contributed by atoms with van der Waals surface area (Å²) in [7, 11) is 0. The van der Waals surface area contributed by atoms with Crippen molar-refractivity contribution in [2.75, 3.05) is 0 Å². The Morgan fingerprint density at radius 1 is 1.27 bits per heavy atom. The van der Waals surface area contributed by atoms with Gasteiger partial charge in [0.05, 0.1) is 10.6 Å². The number of furan rings is 1. The van der Waals surface area contributed by atoms with Gasteiger partial charge in [-0.1, -0.05) is 17.7 Å². The van der Waals surface area contributed by atoms with Crippen LogP contribution >= 0.6 is 27.7 Å². The summed E-state index contributed by atoms with van der Waals surface area (Å²) in [6.07, 6.45) is 1.70. The number of amidine groups is 1. The molecule has 2 aromatic rings. The van der Waals surface area contributed by atoms with E-state index in [9.17, 15) is 4.79 Å². The van der Waals surface area contributed by atoms with Crippen LogP contribution in [-0.2, 0) is 4.79 Å². The number of nitrogens with one attached hydrogen (secondary N) is 1. The number of benzene rings is 1. The lowest BCUT2D eigenvalue weighted by Crippen LogP contribution is -2.19. The van der Waals surface area contributed by atoms with Crippen LogP contribution in [-0.4, -0.2) is 11.1 Å². The number of nitrogens with zero attached hydrogens (tertiary/aromatic N) is 1. The number of carbonyl (C=O) groups is 1. The van der Waals surface area contributed by atoms with Crippen molar-refractivity contribution in [3.63, 3.8) is 0 Å². The van der Waals surface area contributed by atoms with Crippen LogP contribution in [0.5, 0.6) is 0 Å². The first-order valence-corrected chi connectivity index (χ1v) is 8.24. The summed E-state index contributed by atoms with van der Waals surface area (Å²) < 4.78 is 6.02. The predicted molar refractivity (Wildman–Crippen MR) is 93.1 cm³/mol. The van der Waals surface area contributed by atoms with Crippen LogP contribution < -0.4 is 5.32 Å². The van der Waals surface area contributed by atoms with Crippen molar-refractivity contribution in [2.45, 2.75) is 13.8 Å². The second-order valence-electron chi connectivity index (χ2n) is 4.91. The van der Waals surface area contributed by atoms with Gasteiger partial charge in [-0.15, -0.1) is 0 Å². The summed E-state index contributed by atoms with van der Waals surface area (Å²) in [6, 6.07) is 9.61. The van der Waals surface area contributed by atoms with Crippen LogP contribution in [0.15, 0.2) is 49.3 Å². The highest BCUT2D eigenvalue weighted by molar-refractivity contribution is 9.10. The summed E-state index contributed by atoms with van der Waals surface area (Å²) in [5.41, 5.74) is 3.12. The molecule has 0 spiro atoms. The molecule has 1 amide bonds. The normalized spacial score (nSPS) is 18.2. The molecule has 6 heteroatoms. The number of hydrogen-bond donors (Lipinski definition) is 1. The van der Waals surface area contributed by atoms with E-state index < -0.39 is 0 Å². The average molecular weight is 377 g/mol. The van der Waals surface area contributed by atoms with Crippen LogP contribution in [0.25, 0.3) is 6.08 Å². The molecule has 0 radical (unpaired) electrons. The molecule has 0 saturated carbocycles. The highest BCUT2D eigenvalue weighted by atomic mass is 79.9. The van der Waals surface area contributed by atoms with Crippen LogP contribution in [0.1, 0.15) is 16.9 Å². The van der Waals surface area contributed by atoms with Gasteiger partial charge in [0, 0.05) is 6.08 Å². The summed E-state index contributed by atoms with van der Waals surface area (Å²) in [5, 5.41) is 3.35. The van der Waals surface area contributed by atoms with Gasteiger partial charge in [0.2, 0.25) is 0 Å². The van der Waals surface area contributed by atoms with E-state index >= 15 is 0 Å². The van der Waals surface area contributed by atoms with Gasteiger partial charge in [0.15, 0.2) is 9.84 Å². The highest BCUT2D eigenvalue weighted by Crippen LogP contribution is 2.30. The van der Waals surface area contributed by atoms with E-state index in [0.29, 0.717) is 20.5 Å². The third-order valence-corrected chi connectivity index (χ3v) is 4.43. The zero-order valence-corrected chi connectivity index (χ0v) is 14.4. The molecule has 0 bridgehead atoms. The molecule has 4 nitrogen and oxygen atoms in total. The van der Waals surface area contributed by atoms with Gasteiger partial charge in [0.1, 0.15) is 5.76 Å². The van der Waals surface area contributed by atoms with E-state index in [1.54, 1.807) is 18.2 Å². The SMILES string of the molecule is Cc1ccc(N=C2NC(=O)C(=Cc3ccc(Br)o3)S2)c(C)c1. The van der Waals surface area contributed by atoms with Crippen LogP contribution in [0.3, 0.4) is 0 Å². The molecule has 1 aliphatic rings. The van der Waals surface area contributed by atoms with E-state index in [-0.39, 0.29) is 5.91 Å². The number of thioether (sulfide) groups is 1. The third-order valence-electron chi connectivity index (χ3n) is 3.09. The molecule has 0 unspecified atom stereocenters. The molecule has 1 fully saturated rings. The summed E-state index contributed by atoms with van der Waals surface area (Å²) in [4.78, 5) is 17.1. The Hall–Kier alpha value is -1.79. The van der Waals surface area contributed by atoms with Crippen molar-refractivity contribution in [1.82, 2.24) is 5.32 Å². The molecular formula is C16H13BrN2O2S. The van der Waals surface area contributed by atoms with Crippen molar-refractivity contribution in [3.8, 4) is 0 Å². The second kappa shape index (κ2) is 6.14. The lowest BCUT2D eigenvalue weighted by atomic mass is 10.1. The van der Waals surface area contributed by atoms with Crippen molar-refractivity contribution >= 4 is 50.5 Å². The van der Waals surface area contributed by atoms with Crippen molar-refractivity contribution in [1.29, 1.82) is 0 Å². The van der Waals surface area contributed by atoms with Crippen LogP contribution in [0.4, 0.5) is 5.69 Å². The van der Waals surface area contributed by atoms with Crippen molar-refractivity contribution in [2.24, 2.45) is 4.99 Å². The number of aryl methyl sites for hydroxylation is 2. The lowest BCUT2D eigenvalue weighted by molar-refractivity contribution is -0.115. The maximum atomic E-state index is 12.0. The molecule has 112 valence electrons. The first-order chi connectivity index (χ1) is 10.5. The van der Waals surface area contributed by atoms with Gasteiger partial charge < -0.3 is 9.73 Å². The minimum atomic E-state index is -0.166. The number of aliphatic imine (C=N–C) groups is 1. The number of carbonyl (C=O) groups excluding carboxylic acids is 1. The van der Waals surface area contributed by atoms with Gasteiger partial charge >= 0.3 is 0 Å². The van der Waals surface area contributed by atoms with E-state index in [1.807, 2.05) is 26.0 Å². The maximum absolute atomic E-state index is 12.0. The summed E-state index contributed by atoms with van der Waals surface area (Å²) >= 11 is 4.55. The first-order valence-electron chi connectivity index (χ1n) is 6.63. The zero-order chi connectivity index (χ0) is 15.7. The molecule has 22 heavy (non-hydrogen) atoms. The van der Waals surface area contributed by atoms with Gasteiger partial charge in [-0.2, -0.15) is 0 Å². The Morgan fingerprint density at radius 3 is 2.77 bits per heavy atom. The number of rotatable bonds is 2. The minimum Gasteiger partial charge on any atom is -0.450 e. The molecular weight excluding hydrogens is 364 g/mol. The molecule has 1 aromatic heterocycles. The largest absolute Gasteiger partial charge is 0.450 e. The van der Waals surface area contributed by atoms with Gasteiger partial charge in [-0.05, 0) is 65.3 Å². The third kappa shape index (κ3) is 3.34. The van der Waals surface area contributed by atoms with Gasteiger partial charge in [-0.3, -0.25) is 4.79 Å². The molecule has 1 N–H and O–H groups in total. The van der Waals surface area contributed by atoms with E-state index in [0.717, 1.165) is 11.3 Å². The number of hydrogen-bond acceptors (Lipinski definition) is 4.